The quantitative estimate of drug-likeness (QED) is 0.903. The highest BCUT2D eigenvalue weighted by atomic mass is 32.1. The standard InChI is InChI=1S/C9H5F3N2O2S/c10-9(11,12)16-4-2-1-3-5-6(4)14-8(17-5)7(13)15/h1-3H,(H2,13,15). The van der Waals surface area contributed by atoms with E-state index in [4.69, 9.17) is 5.73 Å². The van der Waals surface area contributed by atoms with Crippen LogP contribution in [0, 0.1) is 0 Å². The number of aromatic nitrogens is 1. The number of halogens is 3. The number of carbonyl (C=O) groups is 1. The second-order valence-electron chi connectivity index (χ2n) is 3.03. The Morgan fingerprint density at radius 2 is 2.12 bits per heavy atom. The van der Waals surface area contributed by atoms with Crippen molar-refractivity contribution < 1.29 is 22.7 Å². The fourth-order valence-corrected chi connectivity index (χ4v) is 2.07. The molecule has 8 heteroatoms. The molecular formula is C9H5F3N2O2S. The van der Waals surface area contributed by atoms with Crippen LogP contribution < -0.4 is 10.5 Å². The minimum Gasteiger partial charge on any atom is -0.403 e. The van der Waals surface area contributed by atoms with E-state index in [1.54, 1.807) is 0 Å². The van der Waals surface area contributed by atoms with Gasteiger partial charge in [-0.2, -0.15) is 0 Å². The highest BCUT2D eigenvalue weighted by Crippen LogP contribution is 2.32. The number of benzene rings is 1. The molecule has 0 bridgehead atoms. The predicted molar refractivity (Wildman–Crippen MR) is 54.8 cm³/mol. The molecule has 1 heterocycles. The normalized spacial score (nSPS) is 11.7. The van der Waals surface area contributed by atoms with Gasteiger partial charge in [-0.3, -0.25) is 4.79 Å². The number of hydrogen-bond acceptors (Lipinski definition) is 4. The van der Waals surface area contributed by atoms with Crippen molar-refractivity contribution in [3.63, 3.8) is 0 Å². The van der Waals surface area contributed by atoms with Gasteiger partial charge >= 0.3 is 6.36 Å². The van der Waals surface area contributed by atoms with Crippen molar-refractivity contribution >= 4 is 27.5 Å². The van der Waals surface area contributed by atoms with Gasteiger partial charge in [0.05, 0.1) is 4.70 Å². The number of carbonyl (C=O) groups excluding carboxylic acids is 1. The Morgan fingerprint density at radius 1 is 1.41 bits per heavy atom. The van der Waals surface area contributed by atoms with Crippen molar-refractivity contribution in [1.82, 2.24) is 4.98 Å². The molecule has 1 amide bonds. The minimum atomic E-state index is -4.80. The number of alkyl halides is 3. The highest BCUT2D eigenvalue weighted by Gasteiger charge is 2.32. The number of rotatable bonds is 2. The topological polar surface area (TPSA) is 65.2 Å². The summed E-state index contributed by atoms with van der Waals surface area (Å²) in [6, 6.07) is 4.04. The number of primary amides is 1. The fraction of sp³-hybridized carbons (Fsp3) is 0.111. The molecule has 2 N–H and O–H groups in total. The Morgan fingerprint density at radius 3 is 2.71 bits per heavy atom. The highest BCUT2D eigenvalue weighted by molar-refractivity contribution is 7.20. The molecule has 0 fully saturated rings. The maximum atomic E-state index is 12.1. The number of hydrogen-bond donors (Lipinski definition) is 1. The molecule has 0 saturated carbocycles. The van der Waals surface area contributed by atoms with Crippen molar-refractivity contribution in [1.29, 1.82) is 0 Å². The van der Waals surface area contributed by atoms with Crippen LogP contribution in [0.15, 0.2) is 18.2 Å². The largest absolute Gasteiger partial charge is 0.573 e. The SMILES string of the molecule is NC(=O)c1nc2c(OC(F)(F)F)cccc2s1. The van der Waals surface area contributed by atoms with E-state index >= 15 is 0 Å². The molecule has 1 aromatic heterocycles. The van der Waals surface area contributed by atoms with Crippen LogP contribution in [-0.2, 0) is 0 Å². The number of ether oxygens (including phenoxy) is 1. The Labute approximate surface area is 96.8 Å². The lowest BCUT2D eigenvalue weighted by atomic mass is 10.3. The van der Waals surface area contributed by atoms with E-state index in [0.717, 1.165) is 17.4 Å². The zero-order valence-electron chi connectivity index (χ0n) is 8.12. The van der Waals surface area contributed by atoms with Gasteiger partial charge in [0.15, 0.2) is 10.8 Å². The number of nitrogens with zero attached hydrogens (tertiary/aromatic N) is 1. The van der Waals surface area contributed by atoms with Crippen LogP contribution in [0.1, 0.15) is 9.80 Å². The second-order valence-corrected chi connectivity index (χ2v) is 4.06. The first-order valence-corrected chi connectivity index (χ1v) is 5.13. The van der Waals surface area contributed by atoms with Gasteiger partial charge in [-0.1, -0.05) is 6.07 Å². The summed E-state index contributed by atoms with van der Waals surface area (Å²) < 4.78 is 40.5. The van der Waals surface area contributed by atoms with Crippen LogP contribution in [0.3, 0.4) is 0 Å². The smallest absolute Gasteiger partial charge is 0.403 e. The van der Waals surface area contributed by atoms with Gasteiger partial charge in [-0.15, -0.1) is 24.5 Å². The Kier molecular flexibility index (Phi) is 2.66. The summed E-state index contributed by atoms with van der Waals surface area (Å²) >= 11 is 0.913. The molecule has 1 aromatic carbocycles. The lowest BCUT2D eigenvalue weighted by Gasteiger charge is -2.08. The summed E-state index contributed by atoms with van der Waals surface area (Å²) in [5.74, 6) is -1.23. The van der Waals surface area contributed by atoms with Crippen molar-refractivity contribution in [2.24, 2.45) is 5.73 Å². The minimum absolute atomic E-state index is 0.0244. The van der Waals surface area contributed by atoms with E-state index in [1.165, 1.54) is 12.1 Å². The summed E-state index contributed by atoms with van der Waals surface area (Å²) in [7, 11) is 0. The zero-order chi connectivity index (χ0) is 12.6. The van der Waals surface area contributed by atoms with Crippen molar-refractivity contribution in [2.75, 3.05) is 0 Å². The van der Waals surface area contributed by atoms with Crippen LogP contribution in [0.25, 0.3) is 10.2 Å². The molecule has 0 radical (unpaired) electrons. The first-order chi connectivity index (χ1) is 7.87. The van der Waals surface area contributed by atoms with Gasteiger partial charge in [0.1, 0.15) is 5.52 Å². The number of nitrogens with two attached hydrogens (primary N) is 1. The van der Waals surface area contributed by atoms with Crippen molar-refractivity contribution in [3.05, 3.63) is 23.2 Å². The first-order valence-electron chi connectivity index (χ1n) is 4.32. The fourth-order valence-electron chi connectivity index (χ4n) is 1.24. The number of para-hydroxylation sites is 1. The van der Waals surface area contributed by atoms with E-state index in [9.17, 15) is 18.0 Å². The monoisotopic (exact) mass is 262 g/mol. The van der Waals surface area contributed by atoms with Crippen molar-refractivity contribution in [3.8, 4) is 5.75 Å². The predicted octanol–water partition coefficient (Wildman–Crippen LogP) is 2.29. The average Bonchev–Trinajstić information content (AvgIpc) is 2.60. The molecule has 0 spiro atoms. The molecule has 2 aromatic rings. The third-order valence-corrected chi connectivity index (χ3v) is 2.85. The Bertz CT molecular complexity index is 579. The van der Waals surface area contributed by atoms with Crippen LogP contribution >= 0.6 is 11.3 Å². The molecule has 2 rings (SSSR count). The Hall–Kier alpha value is -1.83. The summed E-state index contributed by atoms with van der Waals surface area (Å²) in [4.78, 5) is 14.6. The van der Waals surface area contributed by atoms with Gasteiger partial charge in [0.2, 0.25) is 0 Å². The molecule has 0 aliphatic heterocycles. The Balaban J connectivity index is 2.53. The number of fused-ring (bicyclic) bond motifs is 1. The van der Waals surface area contributed by atoms with Gasteiger partial charge in [-0.05, 0) is 12.1 Å². The molecule has 90 valence electrons. The lowest BCUT2D eigenvalue weighted by molar-refractivity contribution is -0.274. The van der Waals surface area contributed by atoms with E-state index < -0.39 is 18.0 Å². The third kappa shape index (κ3) is 2.47. The molecule has 0 aliphatic rings. The number of thiazole rings is 1. The third-order valence-electron chi connectivity index (χ3n) is 1.82. The van der Waals surface area contributed by atoms with E-state index in [2.05, 4.69) is 9.72 Å². The molecular weight excluding hydrogens is 257 g/mol. The van der Waals surface area contributed by atoms with Crippen LogP contribution in [-0.4, -0.2) is 17.3 Å². The van der Waals surface area contributed by atoms with Crippen LogP contribution in [0.5, 0.6) is 5.75 Å². The van der Waals surface area contributed by atoms with Gasteiger partial charge in [0, 0.05) is 0 Å². The average molecular weight is 262 g/mol. The summed E-state index contributed by atoms with van der Waals surface area (Å²) in [6.07, 6.45) is -4.80. The second kappa shape index (κ2) is 3.88. The zero-order valence-corrected chi connectivity index (χ0v) is 8.93. The summed E-state index contributed by atoms with van der Waals surface area (Å²) in [6.45, 7) is 0. The maximum Gasteiger partial charge on any atom is 0.573 e. The van der Waals surface area contributed by atoms with E-state index in [0.29, 0.717) is 4.70 Å². The van der Waals surface area contributed by atoms with Gasteiger partial charge < -0.3 is 10.5 Å². The molecule has 0 aliphatic carbocycles. The lowest BCUT2D eigenvalue weighted by Crippen LogP contribution is -2.17. The van der Waals surface area contributed by atoms with Crippen LogP contribution in [0.4, 0.5) is 13.2 Å². The van der Waals surface area contributed by atoms with Crippen molar-refractivity contribution in [2.45, 2.75) is 6.36 Å². The molecule has 17 heavy (non-hydrogen) atoms. The first kappa shape index (κ1) is 11.6. The van der Waals surface area contributed by atoms with Gasteiger partial charge in [0.25, 0.3) is 5.91 Å². The summed E-state index contributed by atoms with van der Waals surface area (Å²) in [5.41, 5.74) is 4.98. The molecule has 4 nitrogen and oxygen atoms in total. The van der Waals surface area contributed by atoms with Gasteiger partial charge in [-0.25, -0.2) is 4.98 Å². The maximum absolute atomic E-state index is 12.1. The molecule has 0 atom stereocenters. The van der Waals surface area contributed by atoms with E-state index in [-0.39, 0.29) is 10.5 Å². The summed E-state index contributed by atoms with van der Waals surface area (Å²) in [5, 5.41) is -0.0572. The molecule has 0 saturated heterocycles. The van der Waals surface area contributed by atoms with E-state index in [1.807, 2.05) is 0 Å². The number of amides is 1. The molecule has 0 unspecified atom stereocenters. The van der Waals surface area contributed by atoms with Crippen LogP contribution in [0.2, 0.25) is 0 Å².